The van der Waals surface area contributed by atoms with Crippen molar-refractivity contribution < 1.29 is 13.5 Å². The summed E-state index contributed by atoms with van der Waals surface area (Å²) in [5.41, 5.74) is 3.12. The summed E-state index contributed by atoms with van der Waals surface area (Å²) in [6, 6.07) is 16.8. The number of rotatable bonds is 6. The predicted molar refractivity (Wildman–Crippen MR) is 126 cm³/mol. The fourth-order valence-electron chi connectivity index (χ4n) is 3.71. The molecule has 0 aliphatic carbocycles. The quantitative estimate of drug-likeness (QED) is 0.337. The van der Waals surface area contributed by atoms with Crippen molar-refractivity contribution >= 4 is 11.6 Å². The van der Waals surface area contributed by atoms with Crippen molar-refractivity contribution in [1.82, 2.24) is 29.3 Å². The van der Waals surface area contributed by atoms with E-state index in [9.17, 15) is 13.6 Å². The Balaban J connectivity index is 1.54. The van der Waals surface area contributed by atoms with E-state index in [4.69, 9.17) is 11.6 Å². The number of hydrogen-bond donors (Lipinski definition) is 0. The van der Waals surface area contributed by atoms with Gasteiger partial charge in [-0.2, -0.15) is 24.1 Å². The highest BCUT2D eigenvalue weighted by molar-refractivity contribution is 6.30. The molecule has 0 fully saturated rings. The first-order valence-corrected chi connectivity index (χ1v) is 10.8. The fraction of sp³-hybridized carbons (Fsp3) is 0.0833. The molecular weight excluding hydrogens is 478 g/mol. The highest BCUT2D eigenvalue weighted by Crippen LogP contribution is 2.24. The van der Waals surface area contributed by atoms with Crippen molar-refractivity contribution in [2.45, 2.75) is 13.5 Å². The van der Waals surface area contributed by atoms with Gasteiger partial charge >= 0.3 is 6.61 Å². The van der Waals surface area contributed by atoms with E-state index in [2.05, 4.69) is 20.0 Å². The van der Waals surface area contributed by atoms with Crippen LogP contribution in [0.5, 0.6) is 5.88 Å². The molecule has 0 bridgehead atoms. The Hall–Kier alpha value is -4.31. The molecule has 0 aliphatic rings. The average molecular weight is 495 g/mol. The summed E-state index contributed by atoms with van der Waals surface area (Å²) in [4.78, 5) is 12.7. The van der Waals surface area contributed by atoms with Crippen LogP contribution < -0.4 is 10.2 Å². The van der Waals surface area contributed by atoms with Crippen LogP contribution in [0.15, 0.2) is 84.0 Å². The van der Waals surface area contributed by atoms with Crippen LogP contribution in [-0.2, 0) is 0 Å². The summed E-state index contributed by atoms with van der Waals surface area (Å²) in [6.07, 6.45) is 4.52. The third-order valence-corrected chi connectivity index (χ3v) is 5.47. The van der Waals surface area contributed by atoms with Gasteiger partial charge in [0.05, 0.1) is 35.1 Å². The van der Waals surface area contributed by atoms with E-state index in [0.717, 1.165) is 5.56 Å². The van der Waals surface area contributed by atoms with Gasteiger partial charge in [0.25, 0.3) is 0 Å². The lowest BCUT2D eigenvalue weighted by Crippen LogP contribution is -2.15. The molecular formula is C24H17ClF2N6O2. The number of aromatic nitrogens is 6. The van der Waals surface area contributed by atoms with Crippen molar-refractivity contribution in [2.75, 3.05) is 0 Å². The van der Waals surface area contributed by atoms with Gasteiger partial charge in [-0.3, -0.25) is 4.79 Å². The largest absolute Gasteiger partial charge is 0.417 e. The Labute approximate surface area is 202 Å². The van der Waals surface area contributed by atoms with E-state index in [1.165, 1.54) is 23.0 Å². The number of aryl methyl sites for hydroxylation is 1. The Bertz CT molecular complexity index is 1580. The Morgan fingerprint density at radius 1 is 0.943 bits per heavy atom. The van der Waals surface area contributed by atoms with Crippen LogP contribution >= 0.6 is 11.6 Å². The molecule has 176 valence electrons. The number of nitrogens with zero attached hydrogens (tertiary/aromatic N) is 6. The van der Waals surface area contributed by atoms with E-state index in [-0.39, 0.29) is 17.0 Å². The van der Waals surface area contributed by atoms with E-state index in [1.807, 2.05) is 13.0 Å². The number of alkyl halides is 2. The lowest BCUT2D eigenvalue weighted by atomic mass is 10.1. The number of hydrogen-bond acceptors (Lipinski definition) is 5. The van der Waals surface area contributed by atoms with Crippen molar-refractivity contribution in [3.8, 4) is 34.3 Å². The predicted octanol–water partition coefficient (Wildman–Crippen LogP) is 4.83. The lowest BCUT2D eigenvalue weighted by molar-refractivity contribution is -0.0544. The maximum Gasteiger partial charge on any atom is 0.388 e. The summed E-state index contributed by atoms with van der Waals surface area (Å²) < 4.78 is 34.3. The van der Waals surface area contributed by atoms with Gasteiger partial charge in [-0.05, 0) is 55.0 Å². The maximum atomic E-state index is 12.7. The molecule has 0 aliphatic heterocycles. The SMILES string of the molecule is Cc1cc(-n2nccc2OC(F)F)ccc1-n1ccc(=O)c(-c2ccnn2-c2cccc(Cl)c2)n1. The molecule has 0 atom stereocenters. The van der Waals surface area contributed by atoms with E-state index < -0.39 is 6.61 Å². The fourth-order valence-corrected chi connectivity index (χ4v) is 3.89. The Kier molecular flexibility index (Phi) is 5.87. The second kappa shape index (κ2) is 9.15. The molecule has 11 heteroatoms. The van der Waals surface area contributed by atoms with Crippen LogP contribution in [0.4, 0.5) is 8.78 Å². The van der Waals surface area contributed by atoms with Crippen LogP contribution in [0.2, 0.25) is 5.02 Å². The highest BCUT2D eigenvalue weighted by Gasteiger charge is 2.16. The van der Waals surface area contributed by atoms with Crippen molar-refractivity contribution in [3.05, 3.63) is 100 Å². The molecule has 3 heterocycles. The minimum absolute atomic E-state index is 0.0785. The first-order valence-electron chi connectivity index (χ1n) is 10.4. The van der Waals surface area contributed by atoms with Gasteiger partial charge in [0.1, 0.15) is 0 Å². The van der Waals surface area contributed by atoms with Crippen molar-refractivity contribution in [2.24, 2.45) is 0 Å². The highest BCUT2D eigenvalue weighted by atomic mass is 35.5. The van der Waals surface area contributed by atoms with Gasteiger partial charge in [0.2, 0.25) is 11.3 Å². The molecule has 0 spiro atoms. The second-order valence-corrected chi connectivity index (χ2v) is 7.95. The molecule has 0 radical (unpaired) electrons. The lowest BCUT2D eigenvalue weighted by Gasteiger charge is -2.14. The average Bonchev–Trinajstić information content (AvgIpc) is 3.49. The van der Waals surface area contributed by atoms with Gasteiger partial charge in [-0.15, -0.1) is 0 Å². The second-order valence-electron chi connectivity index (χ2n) is 7.51. The smallest absolute Gasteiger partial charge is 0.388 e. The van der Waals surface area contributed by atoms with Crippen LogP contribution in [0, 0.1) is 6.92 Å². The van der Waals surface area contributed by atoms with Gasteiger partial charge in [0.15, 0.2) is 5.69 Å². The van der Waals surface area contributed by atoms with Crippen molar-refractivity contribution in [3.63, 3.8) is 0 Å². The Morgan fingerprint density at radius 3 is 2.49 bits per heavy atom. The third-order valence-electron chi connectivity index (χ3n) is 5.24. The first kappa shape index (κ1) is 22.5. The molecule has 35 heavy (non-hydrogen) atoms. The molecule has 0 saturated carbocycles. The van der Waals surface area contributed by atoms with E-state index >= 15 is 0 Å². The molecule has 0 saturated heterocycles. The normalized spacial score (nSPS) is 11.2. The summed E-state index contributed by atoms with van der Waals surface area (Å²) in [7, 11) is 0. The minimum atomic E-state index is -2.96. The zero-order valence-corrected chi connectivity index (χ0v) is 19.0. The zero-order valence-electron chi connectivity index (χ0n) is 18.2. The van der Waals surface area contributed by atoms with Gasteiger partial charge < -0.3 is 4.74 Å². The molecule has 2 aromatic carbocycles. The number of ether oxygens (including phenoxy) is 1. The van der Waals surface area contributed by atoms with Gasteiger partial charge in [-0.25, -0.2) is 14.0 Å². The topological polar surface area (TPSA) is 79.8 Å². The summed E-state index contributed by atoms with van der Waals surface area (Å²) >= 11 is 6.12. The van der Waals surface area contributed by atoms with E-state index in [0.29, 0.717) is 27.8 Å². The summed E-state index contributed by atoms with van der Waals surface area (Å²) in [5.74, 6) is -0.0785. The molecule has 3 aromatic heterocycles. The molecule has 5 rings (SSSR count). The molecule has 0 amide bonds. The summed E-state index contributed by atoms with van der Waals surface area (Å²) in [6.45, 7) is -1.12. The number of halogens is 3. The van der Waals surface area contributed by atoms with Gasteiger partial charge in [-0.1, -0.05) is 17.7 Å². The standard InChI is InChI=1S/C24H17ClF2N6O2/c1-15-13-18(33-22(8-11-29-33)35-24(26)27)5-6-19(15)31-12-9-21(34)23(30-31)20-7-10-28-32(20)17-4-2-3-16(25)14-17/h2-14,24H,1H3. The number of benzene rings is 2. The van der Waals surface area contributed by atoms with Crippen LogP contribution in [-0.4, -0.2) is 36.0 Å². The van der Waals surface area contributed by atoms with Crippen LogP contribution in [0.1, 0.15) is 5.56 Å². The first-order chi connectivity index (χ1) is 16.9. The zero-order chi connectivity index (χ0) is 24.5. The van der Waals surface area contributed by atoms with Crippen molar-refractivity contribution in [1.29, 1.82) is 0 Å². The van der Waals surface area contributed by atoms with Gasteiger partial charge in [0, 0.05) is 23.4 Å². The Morgan fingerprint density at radius 2 is 1.71 bits per heavy atom. The monoisotopic (exact) mass is 494 g/mol. The summed E-state index contributed by atoms with van der Waals surface area (Å²) in [5, 5.41) is 13.5. The molecule has 0 N–H and O–H groups in total. The van der Waals surface area contributed by atoms with Crippen LogP contribution in [0.25, 0.3) is 28.5 Å². The molecule has 0 unspecified atom stereocenters. The third kappa shape index (κ3) is 4.43. The molecule has 5 aromatic rings. The minimum Gasteiger partial charge on any atom is -0.417 e. The van der Waals surface area contributed by atoms with Crippen LogP contribution in [0.3, 0.4) is 0 Å². The molecule has 8 nitrogen and oxygen atoms in total. The van der Waals surface area contributed by atoms with E-state index in [1.54, 1.807) is 64.2 Å². The maximum absolute atomic E-state index is 12.7.